The van der Waals surface area contributed by atoms with Gasteiger partial charge < -0.3 is 24.1 Å². The van der Waals surface area contributed by atoms with E-state index in [1.807, 2.05) is 26.0 Å². The zero-order valence-electron chi connectivity index (χ0n) is 18.5. The van der Waals surface area contributed by atoms with Crippen molar-refractivity contribution in [2.75, 3.05) is 6.61 Å². The highest BCUT2D eigenvalue weighted by Crippen LogP contribution is 2.60. The van der Waals surface area contributed by atoms with Gasteiger partial charge in [0.15, 0.2) is 5.60 Å². The van der Waals surface area contributed by atoms with Crippen LogP contribution in [0.15, 0.2) is 23.3 Å². The van der Waals surface area contributed by atoms with E-state index in [1.54, 1.807) is 0 Å². The van der Waals surface area contributed by atoms with E-state index in [1.165, 1.54) is 20.8 Å². The van der Waals surface area contributed by atoms with E-state index in [0.29, 0.717) is 12.8 Å². The van der Waals surface area contributed by atoms with Gasteiger partial charge in [-0.2, -0.15) is 0 Å². The number of aliphatic hydroxyl groups is 1. The molecule has 3 aliphatic carbocycles. The maximum atomic E-state index is 12.1. The first-order valence-electron chi connectivity index (χ1n) is 10.8. The molecule has 0 aromatic heterocycles. The van der Waals surface area contributed by atoms with Crippen LogP contribution in [0.3, 0.4) is 0 Å². The molecule has 8 nitrogen and oxygen atoms in total. The second-order valence-electron chi connectivity index (χ2n) is 9.43. The molecule has 4 aliphatic rings. The van der Waals surface area contributed by atoms with Gasteiger partial charge in [-0.3, -0.25) is 14.4 Å². The normalized spacial score (nSPS) is 43.0. The number of rotatable bonds is 3. The molecular weight excluding hydrogens is 404 g/mol. The van der Waals surface area contributed by atoms with Crippen molar-refractivity contribution in [2.45, 2.75) is 77.5 Å². The number of carbonyl (C=O) groups is 3. The Balaban J connectivity index is 1.91. The van der Waals surface area contributed by atoms with E-state index in [4.69, 9.17) is 18.9 Å². The maximum absolute atomic E-state index is 12.1. The van der Waals surface area contributed by atoms with Gasteiger partial charge >= 0.3 is 17.9 Å². The van der Waals surface area contributed by atoms with Crippen LogP contribution in [0.5, 0.6) is 0 Å². The number of fused-ring (bicyclic) bond motifs is 4. The molecule has 0 radical (unpaired) electrons. The minimum absolute atomic E-state index is 0.140. The van der Waals surface area contributed by atoms with Gasteiger partial charge in [0.05, 0.1) is 18.1 Å². The summed E-state index contributed by atoms with van der Waals surface area (Å²) in [4.78, 5) is 36.2. The Kier molecular flexibility index (Phi) is 5.29. The highest BCUT2D eigenvalue weighted by molar-refractivity contribution is 5.68. The summed E-state index contributed by atoms with van der Waals surface area (Å²) in [5.74, 6) is -1.93. The topological polar surface area (TPSA) is 108 Å². The van der Waals surface area contributed by atoms with E-state index in [9.17, 15) is 19.5 Å². The van der Waals surface area contributed by atoms with Crippen LogP contribution in [-0.4, -0.2) is 59.6 Å². The van der Waals surface area contributed by atoms with Gasteiger partial charge in [0.25, 0.3) is 0 Å². The fourth-order valence-corrected chi connectivity index (χ4v) is 5.91. The molecular formula is C23H30O8. The van der Waals surface area contributed by atoms with Gasteiger partial charge in [-0.1, -0.05) is 19.9 Å². The quantitative estimate of drug-likeness (QED) is 0.530. The molecule has 8 heteroatoms. The van der Waals surface area contributed by atoms with Crippen LogP contribution in [0.2, 0.25) is 0 Å². The average Bonchev–Trinajstić information content (AvgIpc) is 2.83. The van der Waals surface area contributed by atoms with Crippen LogP contribution in [0, 0.1) is 17.3 Å². The lowest BCUT2D eigenvalue weighted by Crippen LogP contribution is -2.75. The Hall–Kier alpha value is -2.19. The lowest BCUT2D eigenvalue weighted by molar-refractivity contribution is -0.321. The first-order valence-corrected chi connectivity index (χ1v) is 10.8. The number of carbonyl (C=O) groups excluding carboxylic acids is 3. The van der Waals surface area contributed by atoms with Gasteiger partial charge in [0.2, 0.25) is 0 Å². The monoisotopic (exact) mass is 434 g/mol. The van der Waals surface area contributed by atoms with Gasteiger partial charge in [-0.25, -0.2) is 0 Å². The lowest BCUT2D eigenvalue weighted by atomic mass is 9.54. The summed E-state index contributed by atoms with van der Waals surface area (Å²) < 4.78 is 23.2. The molecule has 0 amide bonds. The zero-order chi connectivity index (χ0) is 22.7. The predicted molar refractivity (Wildman–Crippen MR) is 108 cm³/mol. The van der Waals surface area contributed by atoms with Crippen LogP contribution in [0.1, 0.15) is 47.5 Å². The van der Waals surface area contributed by atoms with E-state index in [2.05, 4.69) is 0 Å². The fourth-order valence-electron chi connectivity index (χ4n) is 5.91. The summed E-state index contributed by atoms with van der Waals surface area (Å²) in [6.45, 7) is 8.08. The molecule has 31 heavy (non-hydrogen) atoms. The highest BCUT2D eigenvalue weighted by atomic mass is 16.6. The number of ether oxygens (including phenoxy) is 4. The Labute approximate surface area is 181 Å². The summed E-state index contributed by atoms with van der Waals surface area (Å²) in [5, 5.41) is 10.5. The van der Waals surface area contributed by atoms with E-state index >= 15 is 0 Å². The van der Waals surface area contributed by atoms with Crippen molar-refractivity contribution < 1.29 is 38.4 Å². The molecule has 0 unspecified atom stereocenters. The predicted octanol–water partition coefficient (Wildman–Crippen LogP) is 1.84. The SMILES string of the molecule is CC(=O)O[C@H]1C=C2C(=C[C@@H]3[C@]4(OC(C)=O)CO[C@@H]4C[C@H](OC(C)=O)[C@@]13C)C[C@@H](O)[C@@H]2C. The standard InChI is InChI=1S/C23H30O8/c1-11-16-8-19(29-12(2)24)22(5)18(7-15(16)6-17(11)27)23(31-14(4)26)10-28-21(23)9-20(22)30-13(3)25/h7-8,11,17-21,27H,6,9-10H2,1-5H3/t11-,17-,18+,19+,20+,21-,22-,23-/m1/s1. The molecule has 0 aromatic carbocycles. The molecule has 1 N–H and O–H groups in total. The summed E-state index contributed by atoms with van der Waals surface area (Å²) in [5.41, 5.74) is -0.0117. The zero-order valence-corrected chi connectivity index (χ0v) is 18.5. The van der Waals surface area contributed by atoms with Crippen LogP contribution < -0.4 is 0 Å². The highest BCUT2D eigenvalue weighted by Gasteiger charge is 2.70. The Bertz CT molecular complexity index is 875. The number of hydrogen-bond donors (Lipinski definition) is 1. The fraction of sp³-hybridized carbons (Fsp3) is 0.696. The van der Waals surface area contributed by atoms with Crippen LogP contribution in [0.4, 0.5) is 0 Å². The third kappa shape index (κ3) is 3.31. The van der Waals surface area contributed by atoms with Crippen LogP contribution in [0.25, 0.3) is 0 Å². The lowest BCUT2D eigenvalue weighted by Gasteiger charge is -2.62. The minimum Gasteiger partial charge on any atom is -0.462 e. The number of esters is 3. The van der Waals surface area contributed by atoms with Crippen molar-refractivity contribution in [1.82, 2.24) is 0 Å². The molecule has 3 fully saturated rings. The molecule has 1 heterocycles. The molecule has 1 saturated heterocycles. The van der Waals surface area contributed by atoms with Crippen molar-refractivity contribution >= 4 is 17.9 Å². The molecule has 170 valence electrons. The molecule has 4 rings (SSSR count). The Morgan fingerprint density at radius 3 is 2.32 bits per heavy atom. The Morgan fingerprint density at radius 2 is 1.77 bits per heavy atom. The second-order valence-corrected chi connectivity index (χ2v) is 9.43. The Morgan fingerprint density at radius 1 is 1.10 bits per heavy atom. The molecule has 1 aliphatic heterocycles. The van der Waals surface area contributed by atoms with Crippen LogP contribution >= 0.6 is 0 Å². The van der Waals surface area contributed by atoms with E-state index in [-0.39, 0.29) is 12.5 Å². The van der Waals surface area contributed by atoms with Gasteiger partial charge in [-0.05, 0) is 23.6 Å². The smallest absolute Gasteiger partial charge is 0.303 e. The molecule has 0 aromatic rings. The summed E-state index contributed by atoms with van der Waals surface area (Å²) in [6.07, 6.45) is 2.31. The average molecular weight is 434 g/mol. The van der Waals surface area contributed by atoms with Crippen molar-refractivity contribution in [1.29, 1.82) is 0 Å². The van der Waals surface area contributed by atoms with Gasteiger partial charge in [0.1, 0.15) is 18.3 Å². The van der Waals surface area contributed by atoms with Crippen LogP contribution in [-0.2, 0) is 33.3 Å². The molecule has 0 spiro atoms. The molecule has 8 atom stereocenters. The summed E-state index contributed by atoms with van der Waals surface area (Å²) in [7, 11) is 0. The summed E-state index contributed by atoms with van der Waals surface area (Å²) in [6, 6.07) is 0. The first kappa shape index (κ1) is 22.0. The number of hydrogen-bond acceptors (Lipinski definition) is 8. The maximum Gasteiger partial charge on any atom is 0.303 e. The van der Waals surface area contributed by atoms with Gasteiger partial charge in [0, 0.05) is 39.0 Å². The van der Waals surface area contributed by atoms with Gasteiger partial charge in [-0.15, -0.1) is 0 Å². The molecule has 2 saturated carbocycles. The third-order valence-electron chi connectivity index (χ3n) is 7.49. The van der Waals surface area contributed by atoms with Crippen molar-refractivity contribution in [3.63, 3.8) is 0 Å². The van der Waals surface area contributed by atoms with E-state index < -0.39 is 59.3 Å². The van der Waals surface area contributed by atoms with Crippen molar-refractivity contribution in [2.24, 2.45) is 17.3 Å². The summed E-state index contributed by atoms with van der Waals surface area (Å²) >= 11 is 0. The van der Waals surface area contributed by atoms with E-state index in [0.717, 1.165) is 11.1 Å². The number of aliphatic hydroxyl groups excluding tert-OH is 1. The second kappa shape index (κ2) is 7.45. The molecule has 0 bridgehead atoms. The largest absolute Gasteiger partial charge is 0.462 e. The third-order valence-corrected chi connectivity index (χ3v) is 7.49. The van der Waals surface area contributed by atoms with Crippen molar-refractivity contribution in [3.8, 4) is 0 Å². The van der Waals surface area contributed by atoms with Crippen molar-refractivity contribution in [3.05, 3.63) is 23.3 Å². The first-order chi connectivity index (χ1) is 14.5. The minimum atomic E-state index is -0.956.